The Morgan fingerprint density at radius 1 is 1.23 bits per heavy atom. The molecule has 1 heterocycles. The third-order valence-corrected chi connectivity index (χ3v) is 8.48. The highest BCUT2D eigenvalue weighted by Crippen LogP contribution is 2.40. The fraction of sp³-hybridized carbons (Fsp3) is 0.750. The van der Waals surface area contributed by atoms with Gasteiger partial charge in [-0.1, -0.05) is 60.2 Å². The number of nitrogens with zero attached hydrogens (tertiary/aromatic N) is 1. The van der Waals surface area contributed by atoms with Gasteiger partial charge in [0.2, 0.25) is 0 Å². The first kappa shape index (κ1) is 28.4. The number of carbonyl (C=O) groups is 1. The third-order valence-electron chi connectivity index (χ3n) is 7.99. The Hall–Kier alpha value is -1.15. The lowest BCUT2D eigenvalue weighted by Crippen LogP contribution is -2.54. The molecule has 2 unspecified atom stereocenters. The number of urea groups is 1. The van der Waals surface area contributed by atoms with Crippen molar-refractivity contribution in [3.05, 3.63) is 34.3 Å². The minimum absolute atomic E-state index is 0.0000560. The Balaban J connectivity index is 1.67. The predicted molar refractivity (Wildman–Crippen MR) is 146 cm³/mol. The smallest absolute Gasteiger partial charge is 0.317 e. The zero-order valence-corrected chi connectivity index (χ0v) is 23.3. The standard InChI is InChI=1S/C28H46BrN3O3/c1-30-20-26(18-22-10-4-3-5-11-22)31-27(33)32-16-9-13-24(21-32)28(34,15-6-7-17-35-2)23-12-8-14-25(29)19-23/h8,12,14,19,22,24,26,30,34H,3-7,9-11,13,15-18,20-21H2,1-2H3,(H,31,33)/t24?,26?,28-/m1/s1. The molecule has 6 nitrogen and oxygen atoms in total. The highest BCUT2D eigenvalue weighted by Gasteiger charge is 2.41. The van der Waals surface area contributed by atoms with E-state index in [0.717, 1.165) is 55.2 Å². The van der Waals surface area contributed by atoms with E-state index < -0.39 is 5.60 Å². The lowest BCUT2D eigenvalue weighted by Gasteiger charge is -2.43. The van der Waals surface area contributed by atoms with Gasteiger partial charge in [0.05, 0.1) is 5.60 Å². The van der Waals surface area contributed by atoms with Gasteiger partial charge >= 0.3 is 6.03 Å². The van der Waals surface area contributed by atoms with Crippen molar-refractivity contribution in [1.82, 2.24) is 15.5 Å². The van der Waals surface area contributed by atoms with Crippen LogP contribution in [0.3, 0.4) is 0 Å². The SMILES string of the molecule is CNCC(CC1CCCCC1)NC(=O)N1CCCC([C@@](O)(CCCCOC)c2cccc(Br)c2)C1. The van der Waals surface area contributed by atoms with E-state index in [2.05, 4.69) is 26.6 Å². The van der Waals surface area contributed by atoms with Crippen LogP contribution in [-0.4, -0.2) is 62.5 Å². The number of rotatable bonds is 12. The van der Waals surface area contributed by atoms with E-state index in [1.807, 2.05) is 36.2 Å². The average Bonchev–Trinajstić information content (AvgIpc) is 2.87. The highest BCUT2D eigenvalue weighted by molar-refractivity contribution is 9.10. The van der Waals surface area contributed by atoms with Crippen molar-refractivity contribution < 1.29 is 14.6 Å². The van der Waals surface area contributed by atoms with Crippen LogP contribution in [0.2, 0.25) is 0 Å². The summed E-state index contributed by atoms with van der Waals surface area (Å²) >= 11 is 3.58. The van der Waals surface area contributed by atoms with Crippen LogP contribution < -0.4 is 10.6 Å². The Morgan fingerprint density at radius 3 is 2.74 bits per heavy atom. The largest absolute Gasteiger partial charge is 0.385 e. The summed E-state index contributed by atoms with van der Waals surface area (Å²) in [6.07, 6.45) is 11.9. The van der Waals surface area contributed by atoms with Gasteiger partial charge in [-0.15, -0.1) is 0 Å². The highest BCUT2D eigenvalue weighted by atomic mass is 79.9. The molecule has 198 valence electrons. The normalized spacial score (nSPS) is 21.9. The van der Waals surface area contributed by atoms with Crippen molar-refractivity contribution >= 4 is 22.0 Å². The van der Waals surface area contributed by atoms with Gasteiger partial charge in [-0.25, -0.2) is 4.79 Å². The maximum atomic E-state index is 13.4. The fourth-order valence-corrected chi connectivity index (χ4v) is 6.46. The number of methoxy groups -OCH3 is 1. The van der Waals surface area contributed by atoms with Gasteiger partial charge in [-0.05, 0) is 69.2 Å². The molecule has 3 atom stereocenters. The zero-order valence-electron chi connectivity index (χ0n) is 21.7. The van der Waals surface area contributed by atoms with Crippen LogP contribution in [0.25, 0.3) is 0 Å². The molecule has 0 bridgehead atoms. The van der Waals surface area contributed by atoms with E-state index in [1.54, 1.807) is 7.11 Å². The van der Waals surface area contributed by atoms with Crippen molar-refractivity contribution in [1.29, 1.82) is 0 Å². The topological polar surface area (TPSA) is 73.8 Å². The van der Waals surface area contributed by atoms with Crippen molar-refractivity contribution in [3.8, 4) is 0 Å². The van der Waals surface area contributed by atoms with Gasteiger partial charge in [0.25, 0.3) is 0 Å². The van der Waals surface area contributed by atoms with Crippen LogP contribution in [0.1, 0.15) is 76.2 Å². The minimum Gasteiger partial charge on any atom is -0.385 e. The van der Waals surface area contributed by atoms with Crippen molar-refractivity contribution in [3.63, 3.8) is 0 Å². The number of benzene rings is 1. The second kappa shape index (κ2) is 14.6. The molecule has 1 saturated carbocycles. The number of likely N-dealkylation sites (tertiary alicyclic amines) is 1. The molecular weight excluding hydrogens is 506 g/mol. The quantitative estimate of drug-likeness (QED) is 0.302. The molecule has 1 aromatic rings. The molecule has 2 fully saturated rings. The number of halogens is 1. The number of hydrogen-bond donors (Lipinski definition) is 3. The molecule has 1 saturated heterocycles. The van der Waals surface area contributed by atoms with Crippen LogP contribution in [0, 0.1) is 11.8 Å². The van der Waals surface area contributed by atoms with Gasteiger partial charge < -0.3 is 25.4 Å². The Labute approximate surface area is 220 Å². The summed E-state index contributed by atoms with van der Waals surface area (Å²) < 4.78 is 6.20. The summed E-state index contributed by atoms with van der Waals surface area (Å²) in [6.45, 7) is 2.81. The van der Waals surface area contributed by atoms with E-state index in [0.29, 0.717) is 25.5 Å². The van der Waals surface area contributed by atoms with Crippen LogP contribution in [0.15, 0.2) is 28.7 Å². The Bertz CT molecular complexity index is 774. The number of aliphatic hydroxyl groups is 1. The number of piperidine rings is 1. The van der Waals surface area contributed by atoms with Crippen LogP contribution in [0.4, 0.5) is 4.79 Å². The predicted octanol–water partition coefficient (Wildman–Crippen LogP) is 5.43. The van der Waals surface area contributed by atoms with Crippen LogP contribution in [0.5, 0.6) is 0 Å². The maximum Gasteiger partial charge on any atom is 0.317 e. The molecule has 3 N–H and O–H groups in total. The monoisotopic (exact) mass is 551 g/mol. The van der Waals surface area contributed by atoms with Gasteiger partial charge in [-0.3, -0.25) is 0 Å². The molecule has 1 aromatic carbocycles. The lowest BCUT2D eigenvalue weighted by atomic mass is 9.74. The Morgan fingerprint density at radius 2 is 2.03 bits per heavy atom. The lowest BCUT2D eigenvalue weighted by molar-refractivity contribution is -0.0564. The van der Waals surface area contributed by atoms with E-state index in [9.17, 15) is 9.90 Å². The van der Waals surface area contributed by atoms with E-state index in [4.69, 9.17) is 4.74 Å². The third kappa shape index (κ3) is 8.44. The molecule has 2 amide bonds. The second-order valence-electron chi connectivity index (χ2n) is 10.6. The number of ether oxygens (including phenoxy) is 1. The molecule has 1 aliphatic heterocycles. The van der Waals surface area contributed by atoms with Gasteiger partial charge in [0, 0.05) is 49.8 Å². The van der Waals surface area contributed by atoms with Crippen LogP contribution >= 0.6 is 15.9 Å². The first-order valence-corrected chi connectivity index (χ1v) is 14.4. The molecule has 0 spiro atoms. The van der Waals surface area contributed by atoms with Crippen molar-refractivity contribution in [2.45, 2.75) is 82.3 Å². The number of hydrogen-bond acceptors (Lipinski definition) is 4. The van der Waals surface area contributed by atoms with E-state index in [1.165, 1.54) is 32.1 Å². The van der Waals surface area contributed by atoms with Crippen LogP contribution in [-0.2, 0) is 10.3 Å². The first-order chi connectivity index (χ1) is 17.0. The molecular formula is C28H46BrN3O3. The summed E-state index contributed by atoms with van der Waals surface area (Å²) in [5.41, 5.74) is -0.0370. The van der Waals surface area contributed by atoms with Gasteiger partial charge in [0.1, 0.15) is 0 Å². The molecule has 7 heteroatoms. The Kier molecular flexibility index (Phi) is 11.8. The zero-order chi connectivity index (χ0) is 25.1. The maximum absolute atomic E-state index is 13.4. The number of nitrogens with one attached hydrogen (secondary N) is 2. The van der Waals surface area contributed by atoms with Gasteiger partial charge in [0.15, 0.2) is 0 Å². The summed E-state index contributed by atoms with van der Waals surface area (Å²) in [6, 6.07) is 8.19. The van der Waals surface area contributed by atoms with E-state index in [-0.39, 0.29) is 18.0 Å². The fourth-order valence-electron chi connectivity index (χ4n) is 6.07. The summed E-state index contributed by atoms with van der Waals surface area (Å²) in [4.78, 5) is 15.3. The van der Waals surface area contributed by atoms with Gasteiger partial charge in [-0.2, -0.15) is 0 Å². The summed E-state index contributed by atoms with van der Waals surface area (Å²) in [5, 5.41) is 18.7. The number of amides is 2. The number of carbonyl (C=O) groups excluding carboxylic acids is 1. The average molecular weight is 553 g/mol. The summed E-state index contributed by atoms with van der Waals surface area (Å²) in [5.74, 6) is 0.713. The minimum atomic E-state index is -0.969. The molecule has 0 aromatic heterocycles. The van der Waals surface area contributed by atoms with Crippen molar-refractivity contribution in [2.24, 2.45) is 11.8 Å². The molecule has 0 radical (unpaired) electrons. The molecule has 2 aliphatic rings. The molecule has 3 rings (SSSR count). The summed E-state index contributed by atoms with van der Waals surface area (Å²) in [7, 11) is 3.67. The number of unbranched alkanes of at least 4 members (excludes halogenated alkanes) is 1. The second-order valence-corrected chi connectivity index (χ2v) is 11.5. The molecule has 1 aliphatic carbocycles. The van der Waals surface area contributed by atoms with Crippen molar-refractivity contribution in [2.75, 3.05) is 40.4 Å². The number of likely N-dealkylation sites (N-methyl/N-ethyl adjacent to an activating group) is 1. The first-order valence-electron chi connectivity index (χ1n) is 13.6. The van der Waals surface area contributed by atoms with E-state index >= 15 is 0 Å². The molecule has 35 heavy (non-hydrogen) atoms.